The Labute approximate surface area is 183 Å². The van der Waals surface area contributed by atoms with Gasteiger partial charge in [0.15, 0.2) is 5.11 Å². The van der Waals surface area contributed by atoms with Crippen molar-refractivity contribution < 1.29 is 14.6 Å². The molecule has 0 bridgehead atoms. The summed E-state index contributed by atoms with van der Waals surface area (Å²) in [5.41, 5.74) is 3.32. The fourth-order valence-corrected chi connectivity index (χ4v) is 3.60. The molecule has 0 spiro atoms. The minimum Gasteiger partial charge on any atom is -0.496 e. The van der Waals surface area contributed by atoms with E-state index in [2.05, 4.69) is 4.90 Å². The van der Waals surface area contributed by atoms with Gasteiger partial charge < -0.3 is 19.6 Å². The second kappa shape index (κ2) is 9.73. The molecule has 6 nitrogen and oxygen atoms in total. The molecule has 2 aromatic rings. The molecule has 30 heavy (non-hydrogen) atoms. The van der Waals surface area contributed by atoms with Crippen LogP contribution in [0.25, 0.3) is 6.08 Å². The maximum Gasteiger partial charge on any atom is 0.277 e. The molecule has 0 aromatic heterocycles. The number of hydrogen-bond acceptors (Lipinski definition) is 5. The molecular formula is C23H27N3O3S. The van der Waals surface area contributed by atoms with E-state index >= 15 is 0 Å². The van der Waals surface area contributed by atoms with Crippen LogP contribution in [0.1, 0.15) is 17.5 Å². The number of amides is 1. The summed E-state index contributed by atoms with van der Waals surface area (Å²) in [6.07, 6.45) is 2.51. The molecule has 2 aromatic carbocycles. The first kappa shape index (κ1) is 21.8. The molecule has 0 unspecified atom stereocenters. The van der Waals surface area contributed by atoms with Crippen LogP contribution in [0.2, 0.25) is 0 Å². The maximum atomic E-state index is 13.1. The maximum absolute atomic E-state index is 13.1. The number of aliphatic hydroxyl groups is 1. The van der Waals surface area contributed by atoms with Crippen LogP contribution in [0.5, 0.6) is 5.75 Å². The number of nitrogens with zero attached hydrogens (tertiary/aromatic N) is 3. The number of benzene rings is 2. The van der Waals surface area contributed by atoms with Gasteiger partial charge in [-0.15, -0.1) is 0 Å². The highest BCUT2D eigenvalue weighted by Gasteiger charge is 2.35. The molecule has 1 aliphatic heterocycles. The molecule has 0 atom stereocenters. The molecule has 3 rings (SSSR count). The van der Waals surface area contributed by atoms with Crippen molar-refractivity contribution >= 4 is 35.0 Å². The molecule has 158 valence electrons. The largest absolute Gasteiger partial charge is 0.496 e. The number of ether oxygens (including phenoxy) is 1. The fraction of sp³-hybridized carbons (Fsp3) is 0.304. The van der Waals surface area contributed by atoms with Crippen LogP contribution in [-0.2, 0) is 11.3 Å². The summed E-state index contributed by atoms with van der Waals surface area (Å²) in [7, 11) is 5.39. The summed E-state index contributed by atoms with van der Waals surface area (Å²) in [5, 5.41) is 9.52. The third-order valence-corrected chi connectivity index (χ3v) is 5.62. The van der Waals surface area contributed by atoms with Crippen LogP contribution in [0.15, 0.2) is 54.2 Å². The Kier molecular flexibility index (Phi) is 7.07. The lowest BCUT2D eigenvalue weighted by atomic mass is 10.1. The van der Waals surface area contributed by atoms with Crippen molar-refractivity contribution in [1.29, 1.82) is 0 Å². The van der Waals surface area contributed by atoms with Gasteiger partial charge in [-0.05, 0) is 42.4 Å². The zero-order valence-corrected chi connectivity index (χ0v) is 18.4. The van der Waals surface area contributed by atoms with E-state index in [1.807, 2.05) is 61.7 Å². The summed E-state index contributed by atoms with van der Waals surface area (Å²) in [5.74, 6) is 0.544. The first-order valence-corrected chi connectivity index (χ1v) is 10.2. The number of rotatable bonds is 8. The van der Waals surface area contributed by atoms with Crippen LogP contribution in [0.4, 0.5) is 5.69 Å². The Bertz CT molecular complexity index is 946. The van der Waals surface area contributed by atoms with Crippen molar-refractivity contribution in [3.63, 3.8) is 0 Å². The topological polar surface area (TPSA) is 56.3 Å². The highest BCUT2D eigenvalue weighted by Crippen LogP contribution is 2.30. The van der Waals surface area contributed by atoms with Crippen molar-refractivity contribution in [2.45, 2.75) is 13.0 Å². The van der Waals surface area contributed by atoms with Crippen LogP contribution >= 0.6 is 12.2 Å². The third-order valence-electron chi connectivity index (χ3n) is 5.13. The van der Waals surface area contributed by atoms with E-state index in [-0.39, 0.29) is 12.5 Å². The van der Waals surface area contributed by atoms with Gasteiger partial charge in [0.25, 0.3) is 5.91 Å². The van der Waals surface area contributed by atoms with Gasteiger partial charge in [0.1, 0.15) is 11.4 Å². The normalized spacial score (nSPS) is 15.3. The molecule has 7 heteroatoms. The van der Waals surface area contributed by atoms with E-state index in [1.54, 1.807) is 24.0 Å². The molecule has 1 saturated heterocycles. The fourth-order valence-electron chi connectivity index (χ4n) is 3.36. The van der Waals surface area contributed by atoms with Gasteiger partial charge in [0.2, 0.25) is 0 Å². The number of carbonyl (C=O) groups excluding carboxylic acids is 1. The van der Waals surface area contributed by atoms with Crippen LogP contribution in [0, 0.1) is 0 Å². The van der Waals surface area contributed by atoms with Crippen molar-refractivity contribution in [1.82, 2.24) is 9.80 Å². The Morgan fingerprint density at radius 3 is 2.60 bits per heavy atom. The van der Waals surface area contributed by atoms with Crippen LogP contribution in [-0.4, -0.2) is 60.3 Å². The Morgan fingerprint density at radius 1 is 1.20 bits per heavy atom. The van der Waals surface area contributed by atoms with Crippen molar-refractivity contribution in [3.05, 3.63) is 65.4 Å². The lowest BCUT2D eigenvalue weighted by Crippen LogP contribution is -2.30. The minimum atomic E-state index is -0.127. The second-order valence-electron chi connectivity index (χ2n) is 7.17. The predicted octanol–water partition coefficient (Wildman–Crippen LogP) is 3.11. The third kappa shape index (κ3) is 4.63. The first-order valence-electron chi connectivity index (χ1n) is 9.81. The highest BCUT2D eigenvalue weighted by atomic mass is 32.1. The lowest BCUT2D eigenvalue weighted by molar-refractivity contribution is -0.122. The van der Waals surface area contributed by atoms with Gasteiger partial charge in [-0.2, -0.15) is 0 Å². The number of methoxy groups -OCH3 is 1. The summed E-state index contributed by atoms with van der Waals surface area (Å²) >= 11 is 5.52. The van der Waals surface area contributed by atoms with Crippen LogP contribution in [0.3, 0.4) is 0 Å². The van der Waals surface area contributed by atoms with Gasteiger partial charge in [-0.1, -0.05) is 30.3 Å². The summed E-state index contributed by atoms with van der Waals surface area (Å²) in [6, 6.07) is 15.6. The second-order valence-corrected chi connectivity index (χ2v) is 7.54. The molecule has 0 aliphatic carbocycles. The molecule has 1 N–H and O–H groups in total. The Balaban J connectivity index is 1.86. The number of likely N-dealkylation sites (N-methyl/N-ethyl adjacent to an activating group) is 1. The summed E-state index contributed by atoms with van der Waals surface area (Å²) in [6.45, 7) is 1.33. The zero-order chi connectivity index (χ0) is 21.7. The number of anilines is 1. The quantitative estimate of drug-likeness (QED) is 0.518. The number of aliphatic hydroxyl groups excluding tert-OH is 1. The number of thiocarbonyl (C=S) groups is 1. The molecule has 1 amide bonds. The van der Waals surface area contributed by atoms with E-state index in [9.17, 15) is 4.79 Å². The first-order chi connectivity index (χ1) is 14.5. The van der Waals surface area contributed by atoms with E-state index in [4.69, 9.17) is 22.1 Å². The molecular weight excluding hydrogens is 398 g/mol. The number of hydrogen-bond donors (Lipinski definition) is 1. The minimum absolute atomic E-state index is 0.127. The monoisotopic (exact) mass is 425 g/mol. The average Bonchev–Trinajstić information content (AvgIpc) is 2.96. The van der Waals surface area contributed by atoms with Crippen molar-refractivity contribution in [3.8, 4) is 5.75 Å². The van der Waals surface area contributed by atoms with E-state index < -0.39 is 0 Å². The van der Waals surface area contributed by atoms with Gasteiger partial charge in [-0.25, -0.2) is 0 Å². The Morgan fingerprint density at radius 2 is 1.93 bits per heavy atom. The van der Waals surface area contributed by atoms with E-state index in [0.717, 1.165) is 23.4 Å². The van der Waals surface area contributed by atoms with Gasteiger partial charge in [-0.3, -0.25) is 9.69 Å². The molecule has 1 fully saturated rings. The van der Waals surface area contributed by atoms with Gasteiger partial charge in [0.05, 0.1) is 13.7 Å². The predicted molar refractivity (Wildman–Crippen MR) is 123 cm³/mol. The lowest BCUT2D eigenvalue weighted by Gasteiger charge is -2.20. The zero-order valence-electron chi connectivity index (χ0n) is 17.5. The molecule has 0 radical (unpaired) electrons. The van der Waals surface area contributed by atoms with Crippen molar-refractivity contribution in [2.24, 2.45) is 0 Å². The average molecular weight is 426 g/mol. The SMILES string of the molecule is COc1cc(N(C)CCCO)ccc1C=C1C(=O)N(Cc2ccccc2)C(=S)N1C. The summed E-state index contributed by atoms with van der Waals surface area (Å²) < 4.78 is 5.57. The smallest absolute Gasteiger partial charge is 0.277 e. The molecule has 1 aliphatic rings. The van der Waals surface area contributed by atoms with Gasteiger partial charge in [0, 0.05) is 44.6 Å². The van der Waals surface area contributed by atoms with Crippen molar-refractivity contribution in [2.75, 3.05) is 39.3 Å². The van der Waals surface area contributed by atoms with E-state index in [0.29, 0.717) is 29.5 Å². The number of carbonyl (C=O) groups is 1. The molecule has 0 saturated carbocycles. The highest BCUT2D eigenvalue weighted by molar-refractivity contribution is 7.80. The van der Waals surface area contributed by atoms with E-state index in [1.165, 1.54) is 0 Å². The molecule has 1 heterocycles. The van der Waals surface area contributed by atoms with Gasteiger partial charge >= 0.3 is 0 Å². The van der Waals surface area contributed by atoms with Crippen LogP contribution < -0.4 is 9.64 Å². The Hall–Kier alpha value is -2.90. The summed E-state index contributed by atoms with van der Waals surface area (Å²) in [4.78, 5) is 18.5. The standard InChI is InChI=1S/C23H27N3O3S/c1-24(12-7-13-27)19-11-10-18(21(15-19)29-3)14-20-22(28)26(23(30)25(20)2)16-17-8-5-4-6-9-17/h4-6,8-11,14-15,27H,7,12-13,16H2,1-3H3.